The van der Waals surface area contributed by atoms with Crippen LogP contribution >= 0.6 is 11.3 Å². The van der Waals surface area contributed by atoms with Crippen LogP contribution in [0.25, 0.3) is 0 Å². The minimum Gasteiger partial charge on any atom is -0.348 e. The molecule has 1 aromatic heterocycles. The van der Waals surface area contributed by atoms with Gasteiger partial charge in [-0.3, -0.25) is 9.78 Å². The van der Waals surface area contributed by atoms with Crippen molar-refractivity contribution < 1.29 is 4.79 Å². The summed E-state index contributed by atoms with van der Waals surface area (Å²) in [5, 5.41) is 3.03. The van der Waals surface area contributed by atoms with Crippen LogP contribution < -0.4 is 11.1 Å². The first-order chi connectivity index (χ1) is 7.31. The Kier molecular flexibility index (Phi) is 3.33. The molecule has 1 fully saturated rings. The number of nitrogens with one attached hydrogen (secondary N) is 1. The van der Waals surface area contributed by atoms with E-state index in [9.17, 15) is 4.79 Å². The van der Waals surface area contributed by atoms with E-state index in [0.717, 1.165) is 19.3 Å². The number of hydrogen-bond acceptors (Lipinski definition) is 4. The first-order valence-corrected chi connectivity index (χ1v) is 6.08. The van der Waals surface area contributed by atoms with Crippen molar-refractivity contribution in [3.63, 3.8) is 0 Å². The number of hydrogen-bond donors (Lipinski definition) is 2. The van der Waals surface area contributed by atoms with Crippen LogP contribution in [0.1, 0.15) is 28.9 Å². The Balaban J connectivity index is 1.94. The molecular weight excluding hydrogens is 210 g/mol. The van der Waals surface area contributed by atoms with E-state index in [4.69, 9.17) is 5.73 Å². The molecule has 1 amide bonds. The van der Waals surface area contributed by atoms with Gasteiger partial charge in [-0.05, 0) is 25.3 Å². The number of rotatable bonds is 3. The van der Waals surface area contributed by atoms with Gasteiger partial charge in [0.25, 0.3) is 5.91 Å². The van der Waals surface area contributed by atoms with Gasteiger partial charge in [0.15, 0.2) is 0 Å². The predicted molar refractivity (Wildman–Crippen MR) is 59.8 cm³/mol. The van der Waals surface area contributed by atoms with Crippen molar-refractivity contribution in [2.45, 2.75) is 25.3 Å². The number of nitrogens with zero attached hydrogens (tertiary/aromatic N) is 1. The van der Waals surface area contributed by atoms with Crippen molar-refractivity contribution in [2.24, 2.45) is 11.7 Å². The number of nitrogens with two attached hydrogens (primary N) is 1. The highest BCUT2D eigenvalue weighted by molar-refractivity contribution is 7.11. The standard InChI is InChI=1S/C10H15N3OS/c11-4-7-2-1-3-8(7)13-10(14)9-5-12-6-15-9/h5-8H,1-4,11H2,(H,13,14). The van der Waals surface area contributed by atoms with Crippen molar-refractivity contribution in [1.82, 2.24) is 10.3 Å². The smallest absolute Gasteiger partial charge is 0.263 e. The van der Waals surface area contributed by atoms with Gasteiger partial charge in [0.05, 0.1) is 11.7 Å². The number of carbonyl (C=O) groups excluding carboxylic acids is 1. The Morgan fingerprint density at radius 2 is 2.53 bits per heavy atom. The van der Waals surface area contributed by atoms with Crippen LogP contribution in [0.3, 0.4) is 0 Å². The average Bonchev–Trinajstić information content (AvgIpc) is 2.87. The molecule has 1 aliphatic rings. The molecule has 0 saturated heterocycles. The van der Waals surface area contributed by atoms with Crippen molar-refractivity contribution >= 4 is 17.2 Å². The molecule has 5 heteroatoms. The Labute approximate surface area is 92.9 Å². The van der Waals surface area contributed by atoms with Gasteiger partial charge in [0.1, 0.15) is 4.88 Å². The van der Waals surface area contributed by atoms with E-state index in [1.54, 1.807) is 11.7 Å². The molecule has 1 heterocycles. The average molecular weight is 225 g/mol. The van der Waals surface area contributed by atoms with Gasteiger partial charge >= 0.3 is 0 Å². The largest absolute Gasteiger partial charge is 0.348 e. The molecular formula is C10H15N3OS. The molecule has 2 unspecified atom stereocenters. The van der Waals surface area contributed by atoms with Gasteiger partial charge in [-0.25, -0.2) is 0 Å². The molecule has 1 aromatic rings. The van der Waals surface area contributed by atoms with Gasteiger partial charge in [-0.15, -0.1) is 11.3 Å². The van der Waals surface area contributed by atoms with Crippen LogP contribution in [0.5, 0.6) is 0 Å². The van der Waals surface area contributed by atoms with Crippen molar-refractivity contribution in [1.29, 1.82) is 0 Å². The van der Waals surface area contributed by atoms with Gasteiger partial charge in [-0.1, -0.05) is 6.42 Å². The fourth-order valence-electron chi connectivity index (χ4n) is 2.08. The summed E-state index contributed by atoms with van der Waals surface area (Å²) in [4.78, 5) is 16.3. The highest BCUT2D eigenvalue weighted by Crippen LogP contribution is 2.25. The van der Waals surface area contributed by atoms with Gasteiger partial charge in [0.2, 0.25) is 0 Å². The first kappa shape index (κ1) is 10.6. The zero-order chi connectivity index (χ0) is 10.7. The molecule has 0 aliphatic heterocycles. The maximum absolute atomic E-state index is 11.7. The quantitative estimate of drug-likeness (QED) is 0.806. The van der Waals surface area contributed by atoms with E-state index in [1.807, 2.05) is 0 Å². The summed E-state index contributed by atoms with van der Waals surface area (Å²) >= 11 is 1.37. The highest BCUT2D eigenvalue weighted by atomic mass is 32.1. The van der Waals surface area contributed by atoms with Crippen LogP contribution in [0.15, 0.2) is 11.7 Å². The third-order valence-corrected chi connectivity index (χ3v) is 3.71. The van der Waals surface area contributed by atoms with Crippen LogP contribution in [-0.4, -0.2) is 23.5 Å². The van der Waals surface area contributed by atoms with Crippen LogP contribution in [0.2, 0.25) is 0 Å². The Morgan fingerprint density at radius 3 is 3.20 bits per heavy atom. The SMILES string of the molecule is NCC1CCCC1NC(=O)c1cncs1. The molecule has 0 bridgehead atoms. The molecule has 4 nitrogen and oxygen atoms in total. The zero-order valence-corrected chi connectivity index (χ0v) is 9.30. The molecule has 1 aliphatic carbocycles. The lowest BCUT2D eigenvalue weighted by molar-refractivity contribution is 0.0932. The first-order valence-electron chi connectivity index (χ1n) is 5.20. The van der Waals surface area contributed by atoms with Crippen LogP contribution in [-0.2, 0) is 0 Å². The summed E-state index contributed by atoms with van der Waals surface area (Å²) in [7, 11) is 0. The summed E-state index contributed by atoms with van der Waals surface area (Å²) in [5.41, 5.74) is 7.33. The molecule has 1 saturated carbocycles. The Morgan fingerprint density at radius 1 is 1.67 bits per heavy atom. The fourth-order valence-corrected chi connectivity index (χ4v) is 2.60. The van der Waals surface area contributed by atoms with E-state index in [-0.39, 0.29) is 11.9 Å². The van der Waals surface area contributed by atoms with Crippen molar-refractivity contribution in [3.05, 3.63) is 16.6 Å². The third kappa shape index (κ3) is 2.35. The Hall–Kier alpha value is -0.940. The van der Waals surface area contributed by atoms with Gasteiger partial charge in [-0.2, -0.15) is 0 Å². The number of amides is 1. The lowest BCUT2D eigenvalue weighted by atomic mass is 10.0. The van der Waals surface area contributed by atoms with E-state index in [0.29, 0.717) is 17.3 Å². The molecule has 15 heavy (non-hydrogen) atoms. The maximum atomic E-state index is 11.7. The summed E-state index contributed by atoms with van der Waals surface area (Å²) in [5.74, 6) is 0.435. The summed E-state index contributed by atoms with van der Waals surface area (Å²) < 4.78 is 0. The van der Waals surface area contributed by atoms with Crippen LogP contribution in [0, 0.1) is 5.92 Å². The lowest BCUT2D eigenvalue weighted by Gasteiger charge is -2.18. The van der Waals surface area contributed by atoms with Gasteiger partial charge < -0.3 is 11.1 Å². The zero-order valence-electron chi connectivity index (χ0n) is 8.48. The minimum absolute atomic E-state index is 0.0112. The predicted octanol–water partition coefficient (Wildman–Crippen LogP) is 1.00. The normalized spacial score (nSPS) is 25.4. The molecule has 82 valence electrons. The molecule has 2 rings (SSSR count). The fraction of sp³-hybridized carbons (Fsp3) is 0.600. The third-order valence-electron chi connectivity index (χ3n) is 2.93. The van der Waals surface area contributed by atoms with E-state index >= 15 is 0 Å². The molecule has 2 atom stereocenters. The molecule has 3 N–H and O–H groups in total. The lowest BCUT2D eigenvalue weighted by Crippen LogP contribution is -2.39. The van der Waals surface area contributed by atoms with E-state index < -0.39 is 0 Å². The maximum Gasteiger partial charge on any atom is 0.263 e. The molecule has 0 radical (unpaired) electrons. The number of aromatic nitrogens is 1. The van der Waals surface area contributed by atoms with Crippen molar-refractivity contribution in [3.8, 4) is 0 Å². The van der Waals surface area contributed by atoms with E-state index in [1.165, 1.54) is 11.3 Å². The second-order valence-corrected chi connectivity index (χ2v) is 4.76. The van der Waals surface area contributed by atoms with Crippen LogP contribution in [0.4, 0.5) is 0 Å². The summed E-state index contributed by atoms with van der Waals surface area (Å²) in [6.07, 6.45) is 4.94. The summed E-state index contributed by atoms with van der Waals surface area (Å²) in [6, 6.07) is 0.254. The second kappa shape index (κ2) is 4.72. The topological polar surface area (TPSA) is 68.0 Å². The summed E-state index contributed by atoms with van der Waals surface area (Å²) in [6.45, 7) is 0.660. The molecule has 0 spiro atoms. The van der Waals surface area contributed by atoms with E-state index in [2.05, 4.69) is 10.3 Å². The molecule has 0 aromatic carbocycles. The second-order valence-electron chi connectivity index (χ2n) is 3.87. The van der Waals surface area contributed by atoms with Crippen molar-refractivity contribution in [2.75, 3.05) is 6.54 Å². The number of thiazole rings is 1. The number of carbonyl (C=O) groups is 1. The highest BCUT2D eigenvalue weighted by Gasteiger charge is 2.27. The monoisotopic (exact) mass is 225 g/mol. The Bertz CT molecular complexity index is 325. The van der Waals surface area contributed by atoms with Gasteiger partial charge in [0, 0.05) is 6.04 Å². The minimum atomic E-state index is -0.0112.